The molecule has 0 atom stereocenters. The largest absolute Gasteiger partial charge is 0.495 e. The number of nitrogen functional groups attached to an aromatic ring is 1. The molecular formula is C19H23N7O. The van der Waals surface area contributed by atoms with E-state index in [1.807, 2.05) is 18.2 Å². The maximum absolute atomic E-state index is 8.22. The van der Waals surface area contributed by atoms with Gasteiger partial charge in [-0.25, -0.2) is 4.98 Å². The number of imidazole rings is 1. The first-order chi connectivity index (χ1) is 13.1. The van der Waals surface area contributed by atoms with E-state index in [-0.39, 0.29) is 11.4 Å². The van der Waals surface area contributed by atoms with Crippen LogP contribution in [0.5, 0.6) is 5.75 Å². The molecule has 3 rings (SSSR count). The lowest BCUT2D eigenvalue weighted by molar-refractivity contribution is 0.342. The fourth-order valence-electron chi connectivity index (χ4n) is 2.83. The van der Waals surface area contributed by atoms with Crippen LogP contribution in [0.4, 0.5) is 5.82 Å². The average molecular weight is 365 g/mol. The number of benzene rings is 1. The summed E-state index contributed by atoms with van der Waals surface area (Å²) in [6, 6.07) is 5.60. The van der Waals surface area contributed by atoms with E-state index in [9.17, 15) is 0 Å². The van der Waals surface area contributed by atoms with Gasteiger partial charge in [0.15, 0.2) is 11.5 Å². The topological polar surface area (TPSA) is 109 Å². The van der Waals surface area contributed by atoms with Gasteiger partial charge in [-0.3, -0.25) is 14.9 Å². The number of nitrogens with zero attached hydrogens (tertiary/aromatic N) is 4. The molecule has 3 aromatic rings. The van der Waals surface area contributed by atoms with Crippen molar-refractivity contribution in [1.29, 1.82) is 5.41 Å². The van der Waals surface area contributed by atoms with E-state index < -0.39 is 0 Å². The minimum atomic E-state index is -0.0224. The molecule has 0 unspecified atom stereocenters. The second-order valence-electron chi connectivity index (χ2n) is 5.91. The normalized spacial score (nSPS) is 10.8. The Labute approximate surface area is 157 Å². The number of aromatic amines is 1. The third kappa shape index (κ3) is 3.64. The van der Waals surface area contributed by atoms with Crippen LogP contribution < -0.4 is 16.1 Å². The van der Waals surface area contributed by atoms with Gasteiger partial charge in [0.05, 0.1) is 25.7 Å². The molecule has 1 aromatic carbocycles. The molecule has 8 heteroatoms. The van der Waals surface area contributed by atoms with Gasteiger partial charge in [-0.1, -0.05) is 25.7 Å². The van der Waals surface area contributed by atoms with E-state index in [1.54, 1.807) is 11.7 Å². The van der Waals surface area contributed by atoms with E-state index in [4.69, 9.17) is 15.9 Å². The van der Waals surface area contributed by atoms with Crippen molar-refractivity contribution in [2.45, 2.75) is 13.8 Å². The highest BCUT2D eigenvalue weighted by Crippen LogP contribution is 2.25. The van der Waals surface area contributed by atoms with Gasteiger partial charge < -0.3 is 15.5 Å². The van der Waals surface area contributed by atoms with Gasteiger partial charge in [-0.2, -0.15) is 4.98 Å². The summed E-state index contributed by atoms with van der Waals surface area (Å²) < 4.78 is 7.13. The lowest BCUT2D eigenvalue weighted by Gasteiger charge is -2.14. The van der Waals surface area contributed by atoms with Crippen LogP contribution in [0.1, 0.15) is 19.4 Å². The van der Waals surface area contributed by atoms with Crippen molar-refractivity contribution in [3.8, 4) is 23.3 Å². The molecule has 140 valence electrons. The van der Waals surface area contributed by atoms with Crippen molar-refractivity contribution in [3.63, 3.8) is 0 Å². The summed E-state index contributed by atoms with van der Waals surface area (Å²) in [5.74, 6) is 7.18. The smallest absolute Gasteiger partial charge is 0.230 e. The quantitative estimate of drug-likeness (QED) is 0.594. The first-order valence-corrected chi connectivity index (χ1v) is 8.74. The molecule has 0 spiro atoms. The maximum Gasteiger partial charge on any atom is 0.230 e. The number of methoxy groups -OCH3 is 1. The Morgan fingerprint density at radius 1 is 1.33 bits per heavy atom. The average Bonchev–Trinajstić information content (AvgIpc) is 3.16. The first kappa shape index (κ1) is 18.5. The summed E-state index contributed by atoms with van der Waals surface area (Å²) in [6.45, 7) is 6.91. The summed E-state index contributed by atoms with van der Waals surface area (Å²) in [4.78, 5) is 13.6. The number of rotatable bonds is 5. The van der Waals surface area contributed by atoms with Crippen LogP contribution in [-0.4, -0.2) is 51.2 Å². The number of fused-ring (bicyclic) bond motifs is 1. The summed E-state index contributed by atoms with van der Waals surface area (Å²) in [6.07, 6.45) is 1.53. The van der Waals surface area contributed by atoms with Crippen LogP contribution in [0.25, 0.3) is 16.9 Å². The zero-order chi connectivity index (χ0) is 19.4. The molecule has 0 saturated heterocycles. The van der Waals surface area contributed by atoms with Crippen molar-refractivity contribution >= 4 is 17.0 Å². The Morgan fingerprint density at radius 2 is 2.11 bits per heavy atom. The second kappa shape index (κ2) is 7.93. The van der Waals surface area contributed by atoms with Gasteiger partial charge in [0, 0.05) is 5.56 Å². The molecule has 27 heavy (non-hydrogen) atoms. The molecule has 0 bridgehead atoms. The van der Waals surface area contributed by atoms with Crippen molar-refractivity contribution in [1.82, 2.24) is 24.4 Å². The van der Waals surface area contributed by atoms with Crippen LogP contribution in [0.15, 0.2) is 24.5 Å². The molecule has 0 aliphatic rings. The lowest BCUT2D eigenvalue weighted by Crippen LogP contribution is -2.24. The number of nitrogens with one attached hydrogen (secondary N) is 2. The molecule has 0 amide bonds. The van der Waals surface area contributed by atoms with Crippen LogP contribution in [-0.2, 0) is 0 Å². The Kier molecular flexibility index (Phi) is 5.43. The van der Waals surface area contributed by atoms with E-state index in [2.05, 4.69) is 45.5 Å². The summed E-state index contributed by atoms with van der Waals surface area (Å²) in [5.41, 5.74) is 8.45. The summed E-state index contributed by atoms with van der Waals surface area (Å²) >= 11 is 0. The highest BCUT2D eigenvalue weighted by atomic mass is 16.5. The van der Waals surface area contributed by atoms with Gasteiger partial charge in [-0.05, 0) is 31.3 Å². The van der Waals surface area contributed by atoms with Crippen LogP contribution in [0.2, 0.25) is 0 Å². The fourth-order valence-corrected chi connectivity index (χ4v) is 2.83. The molecule has 0 fully saturated rings. The molecule has 0 radical (unpaired) electrons. The monoisotopic (exact) mass is 365 g/mol. The van der Waals surface area contributed by atoms with E-state index in [0.29, 0.717) is 22.6 Å². The van der Waals surface area contributed by atoms with Crippen LogP contribution >= 0.6 is 0 Å². The molecule has 0 saturated carbocycles. The highest BCUT2D eigenvalue weighted by Gasteiger charge is 2.14. The molecule has 8 nitrogen and oxygen atoms in total. The summed E-state index contributed by atoms with van der Waals surface area (Å²) in [7, 11) is 1.59. The molecule has 2 aromatic heterocycles. The van der Waals surface area contributed by atoms with Crippen molar-refractivity contribution in [2.75, 3.05) is 32.5 Å². The molecule has 0 aliphatic carbocycles. The van der Waals surface area contributed by atoms with Crippen LogP contribution in [0.3, 0.4) is 0 Å². The SMILES string of the molecule is CCN(CC)CC#Cc1ccc(-n2c(=N)nc(N)c3[nH]cnc32)c(OC)c1. The molecule has 0 aliphatic heterocycles. The van der Waals surface area contributed by atoms with E-state index in [1.165, 1.54) is 6.33 Å². The predicted octanol–water partition coefficient (Wildman–Crippen LogP) is 1.51. The van der Waals surface area contributed by atoms with Crippen molar-refractivity contribution in [2.24, 2.45) is 0 Å². The number of ether oxygens (including phenoxy) is 1. The number of aromatic nitrogens is 4. The van der Waals surface area contributed by atoms with Crippen LogP contribution in [0, 0.1) is 17.3 Å². The molecule has 2 heterocycles. The van der Waals surface area contributed by atoms with Gasteiger partial charge in [0.1, 0.15) is 11.3 Å². The third-order valence-corrected chi connectivity index (χ3v) is 4.38. The van der Waals surface area contributed by atoms with Gasteiger partial charge in [-0.15, -0.1) is 0 Å². The minimum Gasteiger partial charge on any atom is -0.495 e. The molecule has 4 N–H and O–H groups in total. The summed E-state index contributed by atoms with van der Waals surface area (Å²) in [5, 5.41) is 8.22. The third-order valence-electron chi connectivity index (χ3n) is 4.38. The van der Waals surface area contributed by atoms with Crippen molar-refractivity contribution in [3.05, 3.63) is 35.7 Å². The number of H-pyrrole nitrogens is 1. The predicted molar refractivity (Wildman–Crippen MR) is 105 cm³/mol. The number of nitrogens with two attached hydrogens (primary N) is 1. The lowest BCUT2D eigenvalue weighted by atomic mass is 10.2. The number of hydrogen-bond acceptors (Lipinski definition) is 6. The molecular weight excluding hydrogens is 342 g/mol. The fraction of sp³-hybridized carbons (Fsp3) is 0.316. The first-order valence-electron chi connectivity index (χ1n) is 8.74. The van der Waals surface area contributed by atoms with Crippen molar-refractivity contribution < 1.29 is 4.74 Å². The maximum atomic E-state index is 8.22. The number of anilines is 1. The number of hydrogen-bond donors (Lipinski definition) is 3. The van der Waals surface area contributed by atoms with E-state index >= 15 is 0 Å². The Bertz CT molecular complexity index is 1070. The van der Waals surface area contributed by atoms with Gasteiger partial charge in [0.2, 0.25) is 5.62 Å². The van der Waals surface area contributed by atoms with Gasteiger partial charge in [0.25, 0.3) is 0 Å². The minimum absolute atomic E-state index is 0.0224. The van der Waals surface area contributed by atoms with Gasteiger partial charge >= 0.3 is 0 Å². The standard InChI is InChI=1S/C19H23N7O/c1-4-25(5-2)10-6-7-13-8-9-14(15(11-13)27-3)26-18-16(22-12-23-18)17(20)24-19(26)21/h8-9,11-12H,4-5,10H2,1-3H3,(H,22,23)(H3,20,21,24). The van der Waals surface area contributed by atoms with E-state index in [0.717, 1.165) is 25.2 Å². The zero-order valence-corrected chi connectivity index (χ0v) is 15.7. The Balaban J connectivity index is 2.03. The second-order valence-corrected chi connectivity index (χ2v) is 5.91. The highest BCUT2D eigenvalue weighted by molar-refractivity contribution is 5.82. The zero-order valence-electron chi connectivity index (χ0n) is 15.7. The Hall–Kier alpha value is -3.31. The Morgan fingerprint density at radius 3 is 2.81 bits per heavy atom.